The van der Waals surface area contributed by atoms with Crippen LogP contribution in [-0.2, 0) is 4.79 Å². The summed E-state index contributed by atoms with van der Waals surface area (Å²) < 4.78 is 0. The third kappa shape index (κ3) is 8.72. The Bertz CT molecular complexity index is 176. The van der Waals surface area contributed by atoms with Gasteiger partial charge in [0, 0.05) is 12.6 Å². The first-order chi connectivity index (χ1) is 7.07. The van der Waals surface area contributed by atoms with Crippen LogP contribution in [0.15, 0.2) is 0 Å². The molecule has 0 aromatic rings. The lowest BCUT2D eigenvalue weighted by atomic mass is 10.2. The molecule has 0 heterocycles. The second-order valence-corrected chi connectivity index (χ2v) is 4.92. The maximum Gasteiger partial charge on any atom is 0.320 e. The van der Waals surface area contributed by atoms with E-state index < -0.39 is 12.0 Å². The van der Waals surface area contributed by atoms with Gasteiger partial charge in [-0.15, -0.1) is 0 Å². The first-order valence-corrected chi connectivity index (χ1v) is 6.40. The molecule has 4 nitrogen and oxygen atoms in total. The van der Waals surface area contributed by atoms with Gasteiger partial charge in [-0.25, -0.2) is 0 Å². The first kappa shape index (κ1) is 14.7. The Morgan fingerprint density at radius 1 is 1.40 bits per heavy atom. The molecule has 0 aliphatic heterocycles. The number of carboxylic acid groups (broad SMARTS) is 1. The standard InChI is InChI=1S/C10H21NO3S/c1-8(2)11-9(10(13)14)4-7-15-6-3-5-12/h8-9,11-12H,3-7H2,1-2H3,(H,13,14). The van der Waals surface area contributed by atoms with Gasteiger partial charge in [0.2, 0.25) is 0 Å². The number of aliphatic hydroxyl groups excluding tert-OH is 1. The monoisotopic (exact) mass is 235 g/mol. The zero-order valence-electron chi connectivity index (χ0n) is 9.40. The third-order valence-corrected chi connectivity index (χ3v) is 2.93. The topological polar surface area (TPSA) is 69.6 Å². The Morgan fingerprint density at radius 3 is 2.53 bits per heavy atom. The summed E-state index contributed by atoms with van der Waals surface area (Å²) >= 11 is 1.69. The fourth-order valence-corrected chi connectivity index (χ4v) is 2.09. The van der Waals surface area contributed by atoms with Gasteiger partial charge in [-0.3, -0.25) is 4.79 Å². The molecule has 0 spiro atoms. The summed E-state index contributed by atoms with van der Waals surface area (Å²) in [6.07, 6.45) is 1.41. The summed E-state index contributed by atoms with van der Waals surface area (Å²) in [5.74, 6) is 0.924. The van der Waals surface area contributed by atoms with Gasteiger partial charge in [-0.05, 0) is 24.3 Å². The van der Waals surface area contributed by atoms with Crippen LogP contribution in [0.25, 0.3) is 0 Å². The molecule has 0 radical (unpaired) electrons. The van der Waals surface area contributed by atoms with E-state index in [4.69, 9.17) is 10.2 Å². The molecule has 0 fully saturated rings. The van der Waals surface area contributed by atoms with Crippen LogP contribution < -0.4 is 5.32 Å². The molecule has 0 bridgehead atoms. The van der Waals surface area contributed by atoms with Crippen molar-refractivity contribution in [2.24, 2.45) is 0 Å². The largest absolute Gasteiger partial charge is 0.480 e. The summed E-state index contributed by atoms with van der Waals surface area (Å²) in [4.78, 5) is 10.8. The molecule has 0 saturated heterocycles. The van der Waals surface area contributed by atoms with Gasteiger partial charge >= 0.3 is 5.97 Å². The molecule has 5 heteroatoms. The molecule has 0 amide bonds. The Hall–Kier alpha value is -0.260. The molecule has 90 valence electrons. The Labute approximate surface area is 95.4 Å². The lowest BCUT2D eigenvalue weighted by Gasteiger charge is -2.16. The second kappa shape index (κ2) is 9.00. The van der Waals surface area contributed by atoms with Crippen molar-refractivity contribution in [1.82, 2.24) is 5.32 Å². The number of thioether (sulfide) groups is 1. The van der Waals surface area contributed by atoms with E-state index in [-0.39, 0.29) is 12.6 Å². The predicted octanol–water partition coefficient (Wildman–Crippen LogP) is 0.943. The molecule has 1 atom stereocenters. The average Bonchev–Trinajstić information content (AvgIpc) is 2.15. The molecule has 15 heavy (non-hydrogen) atoms. The molecule has 3 N–H and O–H groups in total. The van der Waals surface area contributed by atoms with Crippen LogP contribution in [0.4, 0.5) is 0 Å². The SMILES string of the molecule is CC(C)NC(CCSCCCO)C(=O)O. The van der Waals surface area contributed by atoms with Gasteiger partial charge in [0.15, 0.2) is 0 Å². The van der Waals surface area contributed by atoms with E-state index in [0.717, 1.165) is 17.9 Å². The highest BCUT2D eigenvalue weighted by molar-refractivity contribution is 7.99. The fraction of sp³-hybridized carbons (Fsp3) is 0.900. The van der Waals surface area contributed by atoms with E-state index >= 15 is 0 Å². The number of carboxylic acids is 1. The lowest BCUT2D eigenvalue weighted by molar-refractivity contribution is -0.139. The number of hydrogen-bond acceptors (Lipinski definition) is 4. The molecule has 0 aliphatic rings. The minimum Gasteiger partial charge on any atom is -0.480 e. The third-order valence-electron chi connectivity index (χ3n) is 1.83. The van der Waals surface area contributed by atoms with Crippen LogP contribution in [0.1, 0.15) is 26.7 Å². The van der Waals surface area contributed by atoms with Crippen LogP contribution in [0.5, 0.6) is 0 Å². The molecular weight excluding hydrogens is 214 g/mol. The summed E-state index contributed by atoms with van der Waals surface area (Å²) in [5.41, 5.74) is 0. The lowest BCUT2D eigenvalue weighted by Crippen LogP contribution is -2.41. The van der Waals surface area contributed by atoms with Gasteiger partial charge in [-0.1, -0.05) is 13.8 Å². The van der Waals surface area contributed by atoms with Crippen LogP contribution in [-0.4, -0.2) is 46.4 Å². The zero-order chi connectivity index (χ0) is 11.7. The summed E-state index contributed by atoms with van der Waals surface area (Å²) in [6, 6.07) is -0.264. The van der Waals surface area contributed by atoms with Crippen molar-refractivity contribution in [3.8, 4) is 0 Å². The highest BCUT2D eigenvalue weighted by Crippen LogP contribution is 2.07. The van der Waals surface area contributed by atoms with Crippen LogP contribution in [0.3, 0.4) is 0 Å². The molecule has 0 rings (SSSR count). The van der Waals surface area contributed by atoms with E-state index in [1.54, 1.807) is 11.8 Å². The van der Waals surface area contributed by atoms with Crippen LogP contribution >= 0.6 is 11.8 Å². The maximum absolute atomic E-state index is 10.8. The van der Waals surface area contributed by atoms with Crippen molar-refractivity contribution in [2.45, 2.75) is 38.8 Å². The fourth-order valence-electron chi connectivity index (χ4n) is 1.15. The highest BCUT2D eigenvalue weighted by atomic mass is 32.2. The second-order valence-electron chi connectivity index (χ2n) is 3.69. The Morgan fingerprint density at radius 2 is 2.07 bits per heavy atom. The van der Waals surface area contributed by atoms with Gasteiger partial charge in [0.1, 0.15) is 6.04 Å². The van der Waals surface area contributed by atoms with E-state index in [2.05, 4.69) is 5.32 Å². The van der Waals surface area contributed by atoms with Crippen LogP contribution in [0.2, 0.25) is 0 Å². The summed E-state index contributed by atoms with van der Waals surface area (Å²) in [6.45, 7) is 4.09. The number of aliphatic carboxylic acids is 1. The van der Waals surface area contributed by atoms with Crippen molar-refractivity contribution >= 4 is 17.7 Å². The predicted molar refractivity (Wildman–Crippen MR) is 63.3 cm³/mol. The van der Waals surface area contributed by atoms with Crippen molar-refractivity contribution in [3.05, 3.63) is 0 Å². The number of carbonyl (C=O) groups is 1. The zero-order valence-corrected chi connectivity index (χ0v) is 10.2. The number of nitrogens with one attached hydrogen (secondary N) is 1. The molecule has 0 aromatic heterocycles. The van der Waals surface area contributed by atoms with Gasteiger partial charge in [0.05, 0.1) is 0 Å². The normalized spacial score (nSPS) is 13.1. The van der Waals surface area contributed by atoms with Gasteiger partial charge < -0.3 is 15.5 Å². The van der Waals surface area contributed by atoms with E-state index in [1.807, 2.05) is 13.8 Å². The first-order valence-electron chi connectivity index (χ1n) is 5.25. The highest BCUT2D eigenvalue weighted by Gasteiger charge is 2.16. The minimum atomic E-state index is -0.786. The quantitative estimate of drug-likeness (QED) is 0.519. The van der Waals surface area contributed by atoms with E-state index in [0.29, 0.717) is 6.42 Å². The van der Waals surface area contributed by atoms with Crippen molar-refractivity contribution in [2.75, 3.05) is 18.1 Å². The van der Waals surface area contributed by atoms with Crippen molar-refractivity contribution in [3.63, 3.8) is 0 Å². The van der Waals surface area contributed by atoms with Gasteiger partial charge in [-0.2, -0.15) is 11.8 Å². The summed E-state index contributed by atoms with van der Waals surface area (Å²) in [5, 5.41) is 20.5. The molecular formula is C10H21NO3S. The molecule has 0 aromatic carbocycles. The average molecular weight is 235 g/mol. The Balaban J connectivity index is 3.62. The van der Waals surface area contributed by atoms with Crippen molar-refractivity contribution in [1.29, 1.82) is 0 Å². The van der Waals surface area contributed by atoms with E-state index in [1.165, 1.54) is 0 Å². The maximum atomic E-state index is 10.8. The minimum absolute atomic E-state index is 0.188. The van der Waals surface area contributed by atoms with Gasteiger partial charge in [0.25, 0.3) is 0 Å². The molecule has 1 unspecified atom stereocenters. The van der Waals surface area contributed by atoms with E-state index in [9.17, 15) is 4.79 Å². The summed E-state index contributed by atoms with van der Waals surface area (Å²) in [7, 11) is 0. The van der Waals surface area contributed by atoms with Crippen molar-refractivity contribution < 1.29 is 15.0 Å². The number of hydrogen-bond donors (Lipinski definition) is 3. The number of aliphatic hydroxyl groups is 1. The smallest absolute Gasteiger partial charge is 0.320 e. The Kier molecular flexibility index (Phi) is 8.85. The molecule has 0 aliphatic carbocycles. The molecule has 0 saturated carbocycles. The van der Waals surface area contributed by atoms with Crippen LogP contribution in [0, 0.1) is 0 Å². The number of rotatable bonds is 9.